The maximum Gasteiger partial charge on any atom is 0.311 e. The van der Waals surface area contributed by atoms with Crippen molar-refractivity contribution in [1.29, 1.82) is 0 Å². The number of hydrogen-bond acceptors (Lipinski definition) is 3. The van der Waals surface area contributed by atoms with Crippen molar-refractivity contribution in [3.63, 3.8) is 0 Å². The van der Waals surface area contributed by atoms with Crippen LogP contribution >= 0.6 is 0 Å². The minimum absolute atomic E-state index is 0.0568. The van der Waals surface area contributed by atoms with E-state index >= 15 is 0 Å². The highest BCUT2D eigenvalue weighted by Gasteiger charge is 2.33. The molecule has 1 aliphatic heterocycles. The highest BCUT2D eigenvalue weighted by molar-refractivity contribution is 5.73. The summed E-state index contributed by atoms with van der Waals surface area (Å²) in [5.74, 6) is -0.599. The van der Waals surface area contributed by atoms with Crippen molar-refractivity contribution in [3.05, 3.63) is 0 Å². The Kier molecular flexibility index (Phi) is 3.72. The SMILES string of the molecule is CCCCC1CC(O)C(C)C(=O)O1. The first-order valence-electron chi connectivity index (χ1n) is 5.03. The highest BCUT2D eigenvalue weighted by atomic mass is 16.5. The molecule has 3 unspecified atom stereocenters. The average Bonchev–Trinajstić information content (AvgIpc) is 2.10. The summed E-state index contributed by atoms with van der Waals surface area (Å²) in [4.78, 5) is 11.2. The number of rotatable bonds is 3. The molecule has 1 saturated heterocycles. The zero-order valence-electron chi connectivity index (χ0n) is 8.32. The fourth-order valence-corrected chi connectivity index (χ4v) is 1.56. The van der Waals surface area contributed by atoms with Crippen LogP contribution in [0.1, 0.15) is 39.5 Å². The summed E-state index contributed by atoms with van der Waals surface area (Å²) in [5, 5.41) is 9.52. The second-order valence-corrected chi connectivity index (χ2v) is 3.79. The van der Waals surface area contributed by atoms with Gasteiger partial charge in [-0.15, -0.1) is 0 Å². The molecule has 1 N–H and O–H groups in total. The minimum atomic E-state index is -0.511. The zero-order chi connectivity index (χ0) is 9.84. The van der Waals surface area contributed by atoms with Crippen LogP contribution in [0.15, 0.2) is 0 Å². The van der Waals surface area contributed by atoms with Gasteiger partial charge in [0.15, 0.2) is 0 Å². The van der Waals surface area contributed by atoms with E-state index in [1.54, 1.807) is 6.92 Å². The van der Waals surface area contributed by atoms with Gasteiger partial charge >= 0.3 is 5.97 Å². The van der Waals surface area contributed by atoms with Crippen LogP contribution < -0.4 is 0 Å². The van der Waals surface area contributed by atoms with Gasteiger partial charge in [-0.05, 0) is 13.3 Å². The Bertz CT molecular complexity index is 179. The van der Waals surface area contributed by atoms with Crippen LogP contribution in [0.2, 0.25) is 0 Å². The summed E-state index contributed by atoms with van der Waals surface area (Å²) >= 11 is 0. The molecule has 0 bridgehead atoms. The van der Waals surface area contributed by atoms with Crippen molar-refractivity contribution in [2.24, 2.45) is 5.92 Å². The number of esters is 1. The molecule has 76 valence electrons. The third-order valence-electron chi connectivity index (χ3n) is 2.62. The number of hydrogen-bond donors (Lipinski definition) is 1. The second kappa shape index (κ2) is 4.61. The Hall–Kier alpha value is -0.570. The van der Waals surface area contributed by atoms with Crippen molar-refractivity contribution in [2.45, 2.75) is 51.7 Å². The minimum Gasteiger partial charge on any atom is -0.462 e. The maximum absolute atomic E-state index is 11.2. The molecule has 0 spiro atoms. The molecule has 0 aromatic carbocycles. The molecule has 1 heterocycles. The molecule has 0 aromatic rings. The molecule has 1 fully saturated rings. The van der Waals surface area contributed by atoms with Crippen molar-refractivity contribution in [1.82, 2.24) is 0 Å². The van der Waals surface area contributed by atoms with E-state index in [1.807, 2.05) is 0 Å². The number of aliphatic hydroxyl groups excluding tert-OH is 1. The van der Waals surface area contributed by atoms with E-state index in [-0.39, 0.29) is 18.0 Å². The zero-order valence-corrected chi connectivity index (χ0v) is 8.32. The van der Waals surface area contributed by atoms with Gasteiger partial charge in [-0.3, -0.25) is 4.79 Å². The monoisotopic (exact) mass is 186 g/mol. The van der Waals surface area contributed by atoms with Gasteiger partial charge in [0.2, 0.25) is 0 Å². The van der Waals surface area contributed by atoms with Gasteiger partial charge in [-0.1, -0.05) is 19.8 Å². The van der Waals surface area contributed by atoms with E-state index in [2.05, 4.69) is 6.92 Å². The van der Waals surface area contributed by atoms with E-state index in [1.165, 1.54) is 0 Å². The third-order valence-corrected chi connectivity index (χ3v) is 2.62. The number of unbranched alkanes of at least 4 members (excludes halogenated alkanes) is 1. The molecule has 3 atom stereocenters. The standard InChI is InChI=1S/C10H18O3/c1-3-4-5-8-6-9(11)7(2)10(12)13-8/h7-9,11H,3-6H2,1-2H3. The quantitative estimate of drug-likeness (QED) is 0.679. The average molecular weight is 186 g/mol. The normalized spacial score (nSPS) is 34.4. The van der Waals surface area contributed by atoms with Crippen LogP contribution in [0.25, 0.3) is 0 Å². The van der Waals surface area contributed by atoms with E-state index < -0.39 is 6.10 Å². The molecule has 13 heavy (non-hydrogen) atoms. The molecule has 3 nitrogen and oxygen atoms in total. The lowest BCUT2D eigenvalue weighted by atomic mass is 9.94. The van der Waals surface area contributed by atoms with Crippen LogP contribution in [-0.2, 0) is 9.53 Å². The predicted molar refractivity (Wildman–Crippen MR) is 49.2 cm³/mol. The summed E-state index contributed by atoms with van der Waals surface area (Å²) < 4.78 is 5.17. The molecule has 0 aliphatic carbocycles. The molecule has 0 radical (unpaired) electrons. The van der Waals surface area contributed by atoms with Crippen molar-refractivity contribution >= 4 is 5.97 Å². The molecular weight excluding hydrogens is 168 g/mol. The molecular formula is C10H18O3. The van der Waals surface area contributed by atoms with Crippen LogP contribution in [0.3, 0.4) is 0 Å². The van der Waals surface area contributed by atoms with E-state index in [0.717, 1.165) is 19.3 Å². The van der Waals surface area contributed by atoms with E-state index in [9.17, 15) is 9.90 Å². The van der Waals surface area contributed by atoms with E-state index in [0.29, 0.717) is 6.42 Å². The number of cyclic esters (lactones) is 1. The first-order valence-corrected chi connectivity index (χ1v) is 5.03. The van der Waals surface area contributed by atoms with Gasteiger partial charge in [0.25, 0.3) is 0 Å². The van der Waals surface area contributed by atoms with Crippen molar-refractivity contribution in [3.8, 4) is 0 Å². The summed E-state index contributed by atoms with van der Waals surface area (Å²) in [7, 11) is 0. The maximum atomic E-state index is 11.2. The number of ether oxygens (including phenoxy) is 1. The topological polar surface area (TPSA) is 46.5 Å². The van der Waals surface area contributed by atoms with Crippen LogP contribution in [0.5, 0.6) is 0 Å². The summed E-state index contributed by atoms with van der Waals surface area (Å²) in [6, 6.07) is 0. The van der Waals surface area contributed by atoms with E-state index in [4.69, 9.17) is 4.74 Å². The number of carbonyl (C=O) groups excluding carboxylic acids is 1. The molecule has 1 rings (SSSR count). The van der Waals surface area contributed by atoms with Gasteiger partial charge in [-0.2, -0.15) is 0 Å². The second-order valence-electron chi connectivity index (χ2n) is 3.79. The Morgan fingerprint density at radius 2 is 2.31 bits per heavy atom. The lowest BCUT2D eigenvalue weighted by molar-refractivity contribution is -0.168. The van der Waals surface area contributed by atoms with Crippen LogP contribution in [-0.4, -0.2) is 23.3 Å². The van der Waals surface area contributed by atoms with Gasteiger partial charge < -0.3 is 9.84 Å². The van der Waals surface area contributed by atoms with Gasteiger partial charge in [0.05, 0.1) is 12.0 Å². The molecule has 3 heteroatoms. The smallest absolute Gasteiger partial charge is 0.311 e. The number of aliphatic hydroxyl groups is 1. The Balaban J connectivity index is 2.39. The lowest BCUT2D eigenvalue weighted by Gasteiger charge is -2.30. The summed E-state index contributed by atoms with van der Waals surface area (Å²) in [5.41, 5.74) is 0. The highest BCUT2D eigenvalue weighted by Crippen LogP contribution is 2.23. The Morgan fingerprint density at radius 1 is 1.62 bits per heavy atom. The lowest BCUT2D eigenvalue weighted by Crippen LogP contribution is -2.39. The third kappa shape index (κ3) is 2.69. The summed E-state index contributed by atoms with van der Waals surface area (Å²) in [6.07, 6.45) is 3.07. The van der Waals surface area contributed by atoms with Crippen LogP contribution in [0, 0.1) is 5.92 Å². The van der Waals surface area contributed by atoms with Crippen LogP contribution in [0.4, 0.5) is 0 Å². The largest absolute Gasteiger partial charge is 0.462 e. The first-order chi connectivity index (χ1) is 6.15. The summed E-state index contributed by atoms with van der Waals surface area (Å²) in [6.45, 7) is 3.81. The predicted octanol–water partition coefficient (Wildman–Crippen LogP) is 1.49. The van der Waals surface area contributed by atoms with Gasteiger partial charge in [-0.25, -0.2) is 0 Å². The Morgan fingerprint density at radius 3 is 2.85 bits per heavy atom. The van der Waals surface area contributed by atoms with Gasteiger partial charge in [0, 0.05) is 6.42 Å². The number of carbonyl (C=O) groups is 1. The molecule has 0 aromatic heterocycles. The fraction of sp³-hybridized carbons (Fsp3) is 0.900. The van der Waals surface area contributed by atoms with Crippen molar-refractivity contribution in [2.75, 3.05) is 0 Å². The van der Waals surface area contributed by atoms with Crippen molar-refractivity contribution < 1.29 is 14.6 Å². The molecule has 0 amide bonds. The Labute approximate surface area is 79.1 Å². The fourth-order valence-electron chi connectivity index (χ4n) is 1.56. The molecule has 1 aliphatic rings. The van der Waals surface area contributed by atoms with Gasteiger partial charge in [0.1, 0.15) is 6.10 Å². The molecule has 0 saturated carbocycles. The first kappa shape index (κ1) is 10.5.